The average Bonchev–Trinajstić information content (AvgIpc) is 2.66. The number of aliphatic hydroxyl groups excluding tert-OH is 2. The Kier molecular flexibility index (Phi) is 11.7. The highest BCUT2D eigenvalue weighted by molar-refractivity contribution is 5.95. The van der Waals surface area contributed by atoms with Crippen molar-refractivity contribution >= 4 is 35.5 Å². The first-order valence-electron chi connectivity index (χ1n) is 9.05. The van der Waals surface area contributed by atoms with Crippen molar-refractivity contribution in [3.05, 3.63) is 0 Å². The highest BCUT2D eigenvalue weighted by Gasteiger charge is 2.33. The number of aliphatic hydroxyl groups is 2. The van der Waals surface area contributed by atoms with E-state index in [1.807, 2.05) is 5.32 Å². The van der Waals surface area contributed by atoms with Gasteiger partial charge in [-0.25, -0.2) is 4.79 Å². The Morgan fingerprint density at radius 1 is 0.871 bits per heavy atom. The maximum atomic E-state index is 12.6. The Morgan fingerprint density at radius 3 is 1.84 bits per heavy atom. The fraction of sp³-hybridized carbons (Fsp3) is 0.625. The number of hydrogen-bond donors (Lipinski definition) is 9. The van der Waals surface area contributed by atoms with Crippen LogP contribution in [0.3, 0.4) is 0 Å². The first kappa shape index (κ1) is 27.7. The predicted octanol–water partition coefficient (Wildman–Crippen LogP) is -5.63. The van der Waals surface area contributed by atoms with Crippen LogP contribution in [0.25, 0.3) is 0 Å². The largest absolute Gasteiger partial charge is 0.480 e. The van der Waals surface area contributed by atoms with Crippen LogP contribution in [-0.4, -0.2) is 87.7 Å². The third-order valence-electron chi connectivity index (χ3n) is 3.93. The van der Waals surface area contributed by atoms with Crippen LogP contribution in [0.15, 0.2) is 0 Å². The van der Waals surface area contributed by atoms with Gasteiger partial charge in [0.15, 0.2) is 0 Å². The lowest BCUT2D eigenvalue weighted by molar-refractivity contribution is -0.144. The maximum absolute atomic E-state index is 12.6. The second-order valence-corrected chi connectivity index (χ2v) is 6.65. The molecule has 0 aliphatic carbocycles. The van der Waals surface area contributed by atoms with E-state index in [9.17, 15) is 33.9 Å². The third-order valence-corrected chi connectivity index (χ3v) is 3.93. The van der Waals surface area contributed by atoms with Crippen LogP contribution in [0.5, 0.6) is 0 Å². The minimum atomic E-state index is -1.71. The molecule has 0 fully saturated rings. The van der Waals surface area contributed by atoms with Crippen molar-refractivity contribution in [1.82, 2.24) is 16.0 Å². The molecule has 5 atom stereocenters. The van der Waals surface area contributed by atoms with Crippen molar-refractivity contribution in [3.63, 3.8) is 0 Å². The molecule has 12 N–H and O–H groups in total. The summed E-state index contributed by atoms with van der Waals surface area (Å²) >= 11 is 0. The van der Waals surface area contributed by atoms with Crippen LogP contribution in [0.1, 0.15) is 26.2 Å². The topological polar surface area (TPSA) is 277 Å². The summed E-state index contributed by atoms with van der Waals surface area (Å²) in [5.41, 5.74) is 15.3. The number of nitrogens with one attached hydrogen (secondary N) is 3. The summed E-state index contributed by atoms with van der Waals surface area (Å²) in [5.74, 6) is -6.49. The van der Waals surface area contributed by atoms with E-state index in [0.717, 1.165) is 6.92 Å². The molecule has 0 radical (unpaired) electrons. The van der Waals surface area contributed by atoms with Crippen LogP contribution in [0.4, 0.5) is 0 Å². The molecule has 0 aromatic rings. The normalized spacial score (nSPS) is 15.5. The highest BCUT2D eigenvalue weighted by atomic mass is 16.4. The molecule has 176 valence electrons. The van der Waals surface area contributed by atoms with Gasteiger partial charge >= 0.3 is 5.97 Å². The summed E-state index contributed by atoms with van der Waals surface area (Å²) in [6.07, 6.45) is -2.90. The van der Waals surface area contributed by atoms with Gasteiger partial charge in [-0.2, -0.15) is 0 Å². The van der Waals surface area contributed by atoms with E-state index in [4.69, 9.17) is 27.4 Å². The van der Waals surface area contributed by atoms with Crippen molar-refractivity contribution in [1.29, 1.82) is 0 Å². The van der Waals surface area contributed by atoms with E-state index in [2.05, 4.69) is 10.6 Å². The smallest absolute Gasteiger partial charge is 0.326 e. The molecule has 0 heterocycles. The zero-order chi connectivity index (χ0) is 24.3. The second kappa shape index (κ2) is 13.1. The van der Waals surface area contributed by atoms with Gasteiger partial charge in [-0.3, -0.25) is 24.0 Å². The molecule has 0 saturated heterocycles. The maximum Gasteiger partial charge on any atom is 0.326 e. The first-order chi connectivity index (χ1) is 14.3. The van der Waals surface area contributed by atoms with E-state index >= 15 is 0 Å². The predicted molar refractivity (Wildman–Crippen MR) is 102 cm³/mol. The standard InChI is InChI=1S/C16H28N6O9/c1-6(24)12(15(29)21-9(16(30)31)4-11(19)26)22-14(28)8(2-3-10(18)25)20-13(27)7(17)5-23/h6-9,12,23-24H,2-5,17H2,1H3,(H2,18,25)(H2,19,26)(H,20,27)(H,21,29)(H,22,28)(H,30,31). The number of carbonyl (C=O) groups excluding carboxylic acids is 5. The number of carboxylic acids is 1. The Labute approximate surface area is 176 Å². The van der Waals surface area contributed by atoms with Crippen LogP contribution in [0, 0.1) is 0 Å². The quantitative estimate of drug-likeness (QED) is 0.121. The Bertz CT molecular complexity index is 699. The van der Waals surface area contributed by atoms with Gasteiger partial charge in [0.25, 0.3) is 0 Å². The lowest BCUT2D eigenvalue weighted by Gasteiger charge is -2.26. The summed E-state index contributed by atoms with van der Waals surface area (Å²) < 4.78 is 0. The van der Waals surface area contributed by atoms with Gasteiger partial charge in [-0.05, 0) is 13.3 Å². The fourth-order valence-corrected chi connectivity index (χ4v) is 2.24. The molecule has 15 nitrogen and oxygen atoms in total. The number of carboxylic acid groups (broad SMARTS) is 1. The van der Waals surface area contributed by atoms with E-state index in [0.29, 0.717) is 0 Å². The number of primary amides is 2. The molecule has 0 bridgehead atoms. The molecular formula is C16H28N6O9. The molecule has 0 aliphatic heterocycles. The van der Waals surface area contributed by atoms with Gasteiger partial charge in [-0.1, -0.05) is 0 Å². The van der Waals surface area contributed by atoms with Crippen molar-refractivity contribution < 1.29 is 44.1 Å². The number of carbonyl (C=O) groups is 6. The summed E-state index contributed by atoms with van der Waals surface area (Å²) in [6, 6.07) is -6.20. The molecule has 31 heavy (non-hydrogen) atoms. The average molecular weight is 448 g/mol. The van der Waals surface area contributed by atoms with Gasteiger partial charge in [0.05, 0.1) is 19.1 Å². The van der Waals surface area contributed by atoms with Crippen LogP contribution in [-0.2, 0) is 28.8 Å². The van der Waals surface area contributed by atoms with Crippen molar-refractivity contribution in [2.75, 3.05) is 6.61 Å². The number of nitrogens with two attached hydrogens (primary N) is 3. The molecule has 15 heteroatoms. The van der Waals surface area contributed by atoms with Gasteiger partial charge in [-0.15, -0.1) is 0 Å². The van der Waals surface area contributed by atoms with E-state index in [-0.39, 0.29) is 12.8 Å². The van der Waals surface area contributed by atoms with E-state index in [1.54, 1.807) is 0 Å². The van der Waals surface area contributed by atoms with Crippen LogP contribution < -0.4 is 33.2 Å². The third kappa shape index (κ3) is 10.3. The molecule has 0 aliphatic rings. The minimum absolute atomic E-state index is 0.293. The van der Waals surface area contributed by atoms with E-state index < -0.39 is 78.8 Å². The number of rotatable bonds is 14. The Morgan fingerprint density at radius 2 is 1.42 bits per heavy atom. The molecule has 0 saturated carbocycles. The molecule has 5 amide bonds. The van der Waals surface area contributed by atoms with E-state index in [1.165, 1.54) is 0 Å². The second-order valence-electron chi connectivity index (χ2n) is 6.65. The summed E-state index contributed by atoms with van der Waals surface area (Å²) in [6.45, 7) is 0.387. The summed E-state index contributed by atoms with van der Waals surface area (Å²) in [4.78, 5) is 70.0. The molecular weight excluding hydrogens is 420 g/mol. The van der Waals surface area contributed by atoms with Crippen molar-refractivity contribution in [2.24, 2.45) is 17.2 Å². The van der Waals surface area contributed by atoms with Crippen molar-refractivity contribution in [2.45, 2.75) is 56.5 Å². The zero-order valence-corrected chi connectivity index (χ0v) is 16.7. The number of aliphatic carboxylic acids is 1. The Balaban J connectivity index is 5.45. The SMILES string of the molecule is CC(O)C(NC(=O)C(CCC(N)=O)NC(=O)C(N)CO)C(=O)NC(CC(N)=O)C(=O)O. The number of amides is 5. The molecule has 0 rings (SSSR count). The fourth-order valence-electron chi connectivity index (χ4n) is 2.24. The van der Waals surface area contributed by atoms with Gasteiger partial charge in [0.1, 0.15) is 24.2 Å². The lowest BCUT2D eigenvalue weighted by Crippen LogP contribution is -2.60. The summed E-state index contributed by atoms with van der Waals surface area (Å²) in [7, 11) is 0. The van der Waals surface area contributed by atoms with Gasteiger partial charge in [0, 0.05) is 6.42 Å². The molecule has 0 aromatic heterocycles. The number of hydrogen-bond acceptors (Lipinski definition) is 9. The minimum Gasteiger partial charge on any atom is -0.480 e. The molecule has 0 aromatic carbocycles. The zero-order valence-electron chi connectivity index (χ0n) is 16.7. The van der Waals surface area contributed by atoms with Gasteiger partial charge in [0.2, 0.25) is 29.5 Å². The summed E-state index contributed by atoms with van der Waals surface area (Å²) in [5, 5.41) is 34.1. The molecule has 0 spiro atoms. The van der Waals surface area contributed by atoms with Crippen molar-refractivity contribution in [3.8, 4) is 0 Å². The van der Waals surface area contributed by atoms with Crippen LogP contribution in [0.2, 0.25) is 0 Å². The monoisotopic (exact) mass is 448 g/mol. The van der Waals surface area contributed by atoms with Gasteiger partial charge < -0.3 is 48.5 Å². The Hall–Kier alpha value is -3.30. The first-order valence-corrected chi connectivity index (χ1v) is 9.05. The highest BCUT2D eigenvalue weighted by Crippen LogP contribution is 2.03. The van der Waals surface area contributed by atoms with Crippen LogP contribution >= 0.6 is 0 Å². The molecule has 5 unspecified atom stereocenters. The lowest BCUT2D eigenvalue weighted by atomic mass is 10.1.